The number of rotatable bonds is 4. The van der Waals surface area contributed by atoms with E-state index in [0.29, 0.717) is 0 Å². The van der Waals surface area contributed by atoms with E-state index >= 15 is 0 Å². The van der Waals surface area contributed by atoms with Crippen molar-refractivity contribution in [3.05, 3.63) is 29.3 Å². The molecule has 0 saturated heterocycles. The molecular weight excluding hydrogens is 194 g/mol. The second kappa shape index (κ2) is 4.31. The molecule has 0 fully saturated rings. The van der Waals surface area contributed by atoms with Gasteiger partial charge in [0.2, 0.25) is 0 Å². The average molecular weight is 207 g/mol. The zero-order chi connectivity index (χ0) is 10.7. The van der Waals surface area contributed by atoms with E-state index in [9.17, 15) is 4.79 Å². The van der Waals surface area contributed by atoms with Crippen molar-refractivity contribution in [1.29, 1.82) is 0 Å². The minimum absolute atomic E-state index is 0.0370. The monoisotopic (exact) mass is 207 g/mol. The van der Waals surface area contributed by atoms with Gasteiger partial charge in [-0.3, -0.25) is 4.79 Å². The van der Waals surface area contributed by atoms with Crippen LogP contribution in [0.3, 0.4) is 0 Å². The molecule has 1 aliphatic rings. The molecule has 4 heteroatoms. The highest BCUT2D eigenvalue weighted by atomic mass is 16.5. The lowest BCUT2D eigenvalue weighted by Gasteiger charge is -2.06. The van der Waals surface area contributed by atoms with Crippen LogP contribution in [-0.2, 0) is 17.9 Å². The van der Waals surface area contributed by atoms with Crippen LogP contribution >= 0.6 is 0 Å². The van der Waals surface area contributed by atoms with E-state index in [1.165, 1.54) is 11.1 Å². The molecule has 4 nitrogen and oxygen atoms in total. The van der Waals surface area contributed by atoms with Gasteiger partial charge in [-0.25, -0.2) is 0 Å². The number of ether oxygens (including phenoxy) is 1. The summed E-state index contributed by atoms with van der Waals surface area (Å²) in [6.45, 7) is 2.00. The number of aliphatic carboxylic acids is 1. The van der Waals surface area contributed by atoms with Gasteiger partial charge < -0.3 is 15.2 Å². The first kappa shape index (κ1) is 9.98. The van der Waals surface area contributed by atoms with E-state index in [1.807, 2.05) is 18.2 Å². The summed E-state index contributed by atoms with van der Waals surface area (Å²) in [4.78, 5) is 10.3. The topological polar surface area (TPSA) is 58.6 Å². The molecule has 0 atom stereocenters. The Balaban J connectivity index is 1.95. The summed E-state index contributed by atoms with van der Waals surface area (Å²) in [7, 11) is 0. The third kappa shape index (κ3) is 2.47. The molecule has 80 valence electrons. The smallest absolute Gasteiger partial charge is 0.306 e. The Bertz CT molecular complexity index is 376. The summed E-state index contributed by atoms with van der Waals surface area (Å²) in [5.41, 5.74) is 2.53. The van der Waals surface area contributed by atoms with Crippen molar-refractivity contribution in [3.63, 3.8) is 0 Å². The third-order valence-electron chi connectivity index (χ3n) is 2.39. The second-order valence-electron chi connectivity index (χ2n) is 3.53. The highest BCUT2D eigenvalue weighted by Crippen LogP contribution is 2.21. The van der Waals surface area contributed by atoms with E-state index < -0.39 is 5.97 Å². The first-order chi connectivity index (χ1) is 7.25. The van der Waals surface area contributed by atoms with Gasteiger partial charge >= 0.3 is 5.97 Å². The molecule has 1 aliphatic heterocycles. The van der Waals surface area contributed by atoms with Crippen LogP contribution in [0.2, 0.25) is 0 Å². The summed E-state index contributed by atoms with van der Waals surface area (Å²) >= 11 is 0. The van der Waals surface area contributed by atoms with Crippen LogP contribution in [0.5, 0.6) is 5.75 Å². The van der Waals surface area contributed by atoms with E-state index in [2.05, 4.69) is 5.32 Å². The zero-order valence-electron chi connectivity index (χ0n) is 8.32. The molecule has 0 aromatic heterocycles. The molecule has 0 radical (unpaired) electrons. The number of nitrogens with one attached hydrogen (secondary N) is 1. The van der Waals surface area contributed by atoms with Crippen molar-refractivity contribution in [1.82, 2.24) is 5.32 Å². The Morgan fingerprint density at radius 3 is 3.00 bits per heavy atom. The van der Waals surface area contributed by atoms with Gasteiger partial charge in [0.25, 0.3) is 0 Å². The minimum Gasteiger partial charge on any atom is -0.493 e. The Kier molecular flexibility index (Phi) is 2.87. The van der Waals surface area contributed by atoms with Gasteiger partial charge in [-0.15, -0.1) is 0 Å². The molecule has 0 aliphatic carbocycles. The fraction of sp³-hybridized carbons (Fsp3) is 0.364. The largest absolute Gasteiger partial charge is 0.493 e. The Labute approximate surface area is 87.9 Å². The molecule has 2 N–H and O–H groups in total. The van der Waals surface area contributed by atoms with Gasteiger partial charge in [-0.05, 0) is 23.3 Å². The van der Waals surface area contributed by atoms with Crippen LogP contribution < -0.4 is 10.1 Å². The number of fused-ring (bicyclic) bond motifs is 1. The highest BCUT2D eigenvalue weighted by Gasteiger charge is 2.10. The third-order valence-corrected chi connectivity index (χ3v) is 2.39. The number of hydrogen-bond donors (Lipinski definition) is 2. The predicted molar refractivity (Wildman–Crippen MR) is 54.7 cm³/mol. The predicted octanol–water partition coefficient (Wildman–Crippen LogP) is 1.14. The fourth-order valence-electron chi connectivity index (χ4n) is 1.62. The van der Waals surface area contributed by atoms with E-state index in [-0.39, 0.29) is 13.0 Å². The van der Waals surface area contributed by atoms with Crippen LogP contribution in [0.15, 0.2) is 18.2 Å². The second-order valence-corrected chi connectivity index (χ2v) is 3.53. The van der Waals surface area contributed by atoms with Gasteiger partial charge in [-0.1, -0.05) is 6.07 Å². The molecule has 15 heavy (non-hydrogen) atoms. The van der Waals surface area contributed by atoms with Crippen molar-refractivity contribution < 1.29 is 14.6 Å². The van der Waals surface area contributed by atoms with E-state index in [1.54, 1.807) is 0 Å². The average Bonchev–Trinajstić information content (AvgIpc) is 2.64. The molecule has 0 saturated carbocycles. The SMILES string of the molecule is O=C(O)CCOc1ccc2c(c1)CNC2. The maximum atomic E-state index is 10.3. The van der Waals surface area contributed by atoms with Crippen molar-refractivity contribution in [2.24, 2.45) is 0 Å². The highest BCUT2D eigenvalue weighted by molar-refractivity contribution is 5.66. The minimum atomic E-state index is -0.835. The van der Waals surface area contributed by atoms with Crippen molar-refractivity contribution in [2.45, 2.75) is 19.5 Å². The van der Waals surface area contributed by atoms with Crippen LogP contribution in [0.25, 0.3) is 0 Å². The molecule has 0 amide bonds. The Morgan fingerprint density at radius 1 is 1.40 bits per heavy atom. The summed E-state index contributed by atoms with van der Waals surface area (Å²) in [5, 5.41) is 11.7. The van der Waals surface area contributed by atoms with Crippen molar-refractivity contribution in [2.75, 3.05) is 6.61 Å². The van der Waals surface area contributed by atoms with Gasteiger partial charge in [0.15, 0.2) is 0 Å². The summed E-state index contributed by atoms with van der Waals surface area (Å²) in [6.07, 6.45) is 0.0370. The number of carboxylic acids is 1. The first-order valence-corrected chi connectivity index (χ1v) is 4.93. The number of hydrogen-bond acceptors (Lipinski definition) is 3. The molecule has 0 bridgehead atoms. The van der Waals surface area contributed by atoms with Crippen molar-refractivity contribution >= 4 is 5.97 Å². The van der Waals surface area contributed by atoms with Gasteiger partial charge in [-0.2, -0.15) is 0 Å². The molecule has 0 spiro atoms. The summed E-state index contributed by atoms with van der Waals surface area (Å²) in [5.74, 6) is -0.0865. The van der Waals surface area contributed by atoms with E-state index in [0.717, 1.165) is 18.8 Å². The maximum absolute atomic E-state index is 10.3. The Hall–Kier alpha value is -1.55. The molecule has 2 rings (SSSR count). The number of carboxylic acid groups (broad SMARTS) is 1. The maximum Gasteiger partial charge on any atom is 0.306 e. The summed E-state index contributed by atoms with van der Waals surface area (Å²) < 4.78 is 5.33. The van der Waals surface area contributed by atoms with Crippen LogP contribution in [0.4, 0.5) is 0 Å². The normalized spacial score (nSPS) is 13.6. The molecular formula is C11H13NO3. The number of carbonyl (C=O) groups is 1. The van der Waals surface area contributed by atoms with Crippen LogP contribution in [-0.4, -0.2) is 17.7 Å². The van der Waals surface area contributed by atoms with Crippen LogP contribution in [0, 0.1) is 0 Å². The molecule has 1 aromatic rings. The molecule has 0 unspecified atom stereocenters. The quantitative estimate of drug-likeness (QED) is 0.777. The Morgan fingerprint density at radius 2 is 2.20 bits per heavy atom. The lowest BCUT2D eigenvalue weighted by Crippen LogP contribution is -2.04. The van der Waals surface area contributed by atoms with Crippen LogP contribution in [0.1, 0.15) is 17.5 Å². The first-order valence-electron chi connectivity index (χ1n) is 4.93. The molecule has 1 heterocycles. The van der Waals surface area contributed by atoms with Gasteiger partial charge in [0.05, 0.1) is 13.0 Å². The van der Waals surface area contributed by atoms with Gasteiger partial charge in [0, 0.05) is 13.1 Å². The lowest BCUT2D eigenvalue weighted by atomic mass is 10.1. The fourth-order valence-corrected chi connectivity index (χ4v) is 1.62. The summed E-state index contributed by atoms with van der Waals surface area (Å²) in [6, 6.07) is 5.87. The van der Waals surface area contributed by atoms with Gasteiger partial charge in [0.1, 0.15) is 5.75 Å². The van der Waals surface area contributed by atoms with E-state index in [4.69, 9.17) is 9.84 Å². The van der Waals surface area contributed by atoms with Crippen molar-refractivity contribution in [3.8, 4) is 5.75 Å². The zero-order valence-corrected chi connectivity index (χ0v) is 8.32. The number of benzene rings is 1. The standard InChI is InChI=1S/C11H13NO3/c13-11(14)3-4-15-10-2-1-8-6-12-7-9(8)5-10/h1-2,5,12H,3-4,6-7H2,(H,13,14). The lowest BCUT2D eigenvalue weighted by molar-refractivity contribution is -0.137. The molecule has 1 aromatic carbocycles.